The van der Waals surface area contributed by atoms with Crippen molar-refractivity contribution in [3.63, 3.8) is 0 Å². The molecule has 0 saturated heterocycles. The van der Waals surface area contributed by atoms with E-state index in [0.717, 1.165) is 16.0 Å². The molecule has 126 valence electrons. The number of Topliss-reactive ketones (excluding diaryl/α,β-unsaturated/α-hetero) is 1. The van der Waals surface area contributed by atoms with Crippen LogP contribution in [0.25, 0.3) is 0 Å². The monoisotopic (exact) mass is 353 g/mol. The van der Waals surface area contributed by atoms with Crippen LogP contribution in [0.5, 0.6) is 0 Å². The number of aryl methyl sites for hydroxylation is 2. The summed E-state index contributed by atoms with van der Waals surface area (Å²) in [6.07, 6.45) is -0.00972. The molecule has 0 amide bonds. The minimum absolute atomic E-state index is 0. The second kappa shape index (κ2) is 9.18. The van der Waals surface area contributed by atoms with Gasteiger partial charge in [0, 0.05) is 15.3 Å². The Morgan fingerprint density at radius 2 is 1.91 bits per heavy atom. The first kappa shape index (κ1) is 19.8. The lowest BCUT2D eigenvalue weighted by molar-refractivity contribution is -0.693. The van der Waals surface area contributed by atoms with Gasteiger partial charge in [-0.1, -0.05) is 30.3 Å². The van der Waals surface area contributed by atoms with E-state index in [2.05, 4.69) is 0 Å². The topological polar surface area (TPSA) is 53.9 Å². The maximum atomic E-state index is 12.2. The predicted octanol–water partition coefficient (Wildman–Crippen LogP) is -0.373. The zero-order valence-corrected chi connectivity index (χ0v) is 15.3. The zero-order valence-electron chi connectivity index (χ0n) is 13.8. The van der Waals surface area contributed by atoms with Crippen molar-refractivity contribution in [3.8, 4) is 0 Å². The highest BCUT2D eigenvalue weighted by atomic mass is 35.5. The number of carbonyl (C=O) groups excluding carboxylic acids is 1. The van der Waals surface area contributed by atoms with Crippen LogP contribution in [0.3, 0.4) is 0 Å². The van der Waals surface area contributed by atoms with Gasteiger partial charge in [0.05, 0.1) is 13.0 Å². The first-order valence-corrected chi connectivity index (χ1v) is 8.47. The highest BCUT2D eigenvalue weighted by molar-refractivity contribution is 7.12. The van der Waals surface area contributed by atoms with Gasteiger partial charge in [-0.2, -0.15) is 0 Å². The van der Waals surface area contributed by atoms with Crippen molar-refractivity contribution in [3.05, 3.63) is 57.3 Å². The van der Waals surface area contributed by atoms with Crippen molar-refractivity contribution >= 4 is 17.1 Å². The van der Waals surface area contributed by atoms with Gasteiger partial charge in [-0.15, -0.1) is 11.3 Å². The number of benzene rings is 1. The molecule has 1 aromatic heterocycles. The van der Waals surface area contributed by atoms with Crippen LogP contribution in [0.15, 0.2) is 36.4 Å². The van der Waals surface area contributed by atoms with Crippen LogP contribution in [0.2, 0.25) is 0 Å². The lowest BCUT2D eigenvalue weighted by Crippen LogP contribution is -3.00. The SMILES string of the molecule is Cc1cc(C(=O)CC[NH2+]C(C)C(O)c2ccccc2)c(C)s1.[Cl-]. The molecule has 3 N–H and O–H groups in total. The van der Waals surface area contributed by atoms with E-state index < -0.39 is 6.10 Å². The summed E-state index contributed by atoms with van der Waals surface area (Å²) in [5.74, 6) is 0.194. The first-order chi connectivity index (χ1) is 10.5. The number of rotatable bonds is 7. The lowest BCUT2D eigenvalue weighted by Gasteiger charge is -2.17. The normalized spacial score (nSPS) is 13.2. The van der Waals surface area contributed by atoms with E-state index >= 15 is 0 Å². The smallest absolute Gasteiger partial charge is 0.169 e. The Hall–Kier alpha value is -1.20. The minimum Gasteiger partial charge on any atom is -1.00 e. The number of hydrogen-bond donors (Lipinski definition) is 2. The number of aliphatic hydroxyl groups is 1. The Morgan fingerprint density at radius 1 is 1.26 bits per heavy atom. The van der Waals surface area contributed by atoms with E-state index in [1.54, 1.807) is 11.3 Å². The Morgan fingerprint density at radius 3 is 2.48 bits per heavy atom. The molecule has 0 saturated carbocycles. The van der Waals surface area contributed by atoms with Crippen molar-refractivity contribution in [2.24, 2.45) is 0 Å². The van der Waals surface area contributed by atoms with Crippen LogP contribution >= 0.6 is 11.3 Å². The summed E-state index contributed by atoms with van der Waals surface area (Å²) in [6, 6.07) is 11.7. The number of halogens is 1. The highest BCUT2D eigenvalue weighted by Crippen LogP contribution is 2.21. The minimum atomic E-state index is -0.513. The van der Waals surface area contributed by atoms with Gasteiger partial charge in [0.1, 0.15) is 12.1 Å². The molecule has 2 unspecified atom stereocenters. The van der Waals surface area contributed by atoms with Gasteiger partial charge in [-0.3, -0.25) is 4.79 Å². The third-order valence-electron chi connectivity index (χ3n) is 3.89. The third kappa shape index (κ3) is 5.43. The standard InChI is InChI=1S/C18H23NO2S.ClH/c1-12-11-16(14(3)22-12)17(20)9-10-19-13(2)18(21)15-7-5-4-6-8-15;/h4-8,11,13,18-19,21H,9-10H2,1-3H3;1H. The average molecular weight is 354 g/mol. The molecule has 3 nitrogen and oxygen atoms in total. The van der Waals surface area contributed by atoms with Crippen LogP contribution in [0, 0.1) is 13.8 Å². The molecule has 2 rings (SSSR count). The average Bonchev–Trinajstić information content (AvgIpc) is 2.86. The number of ketones is 1. The van der Waals surface area contributed by atoms with E-state index in [-0.39, 0.29) is 24.2 Å². The van der Waals surface area contributed by atoms with Crippen LogP contribution in [-0.4, -0.2) is 23.5 Å². The summed E-state index contributed by atoms with van der Waals surface area (Å²) in [7, 11) is 0. The lowest BCUT2D eigenvalue weighted by atomic mass is 10.0. The second-order valence-corrected chi connectivity index (χ2v) is 7.20. The molecule has 0 aliphatic rings. The van der Waals surface area contributed by atoms with Crippen LogP contribution in [0.4, 0.5) is 0 Å². The fourth-order valence-corrected chi connectivity index (χ4v) is 3.54. The molecule has 1 aromatic carbocycles. The van der Waals surface area contributed by atoms with Gasteiger partial charge in [0.15, 0.2) is 5.78 Å². The molecule has 0 radical (unpaired) electrons. The van der Waals surface area contributed by atoms with Crippen molar-refractivity contribution < 1.29 is 27.6 Å². The number of carbonyl (C=O) groups is 1. The first-order valence-electron chi connectivity index (χ1n) is 7.65. The predicted molar refractivity (Wildman–Crippen MR) is 90.4 cm³/mol. The van der Waals surface area contributed by atoms with Crippen LogP contribution in [0.1, 0.15) is 45.1 Å². The Balaban J connectivity index is 0.00000264. The molecule has 23 heavy (non-hydrogen) atoms. The quantitative estimate of drug-likeness (QED) is 0.667. The summed E-state index contributed by atoms with van der Waals surface area (Å²) < 4.78 is 0. The molecular formula is C18H24ClNO2S. The zero-order chi connectivity index (χ0) is 16.1. The van der Waals surface area contributed by atoms with Gasteiger partial charge >= 0.3 is 0 Å². The Kier molecular flexibility index (Phi) is 7.92. The molecule has 0 aliphatic carbocycles. The second-order valence-electron chi connectivity index (χ2n) is 5.74. The number of quaternary nitrogens is 1. The number of hydrogen-bond acceptors (Lipinski definition) is 3. The maximum Gasteiger partial charge on any atom is 0.169 e. The molecule has 0 fully saturated rings. The molecule has 0 spiro atoms. The van der Waals surface area contributed by atoms with Gasteiger partial charge in [-0.25, -0.2) is 0 Å². The van der Waals surface area contributed by atoms with Crippen molar-refractivity contribution in [2.75, 3.05) is 6.54 Å². The fourth-order valence-electron chi connectivity index (χ4n) is 2.60. The summed E-state index contributed by atoms with van der Waals surface area (Å²) in [5, 5.41) is 12.3. The van der Waals surface area contributed by atoms with E-state index in [1.165, 1.54) is 4.88 Å². The van der Waals surface area contributed by atoms with Crippen molar-refractivity contribution in [1.29, 1.82) is 0 Å². The Bertz CT molecular complexity index is 627. The van der Waals surface area contributed by atoms with Crippen molar-refractivity contribution in [1.82, 2.24) is 0 Å². The largest absolute Gasteiger partial charge is 1.00 e. The van der Waals surface area contributed by atoms with Gasteiger partial charge < -0.3 is 22.8 Å². The molecule has 0 bridgehead atoms. The van der Waals surface area contributed by atoms with Gasteiger partial charge in [0.2, 0.25) is 0 Å². The summed E-state index contributed by atoms with van der Waals surface area (Å²) in [4.78, 5) is 14.5. The van der Waals surface area contributed by atoms with Crippen LogP contribution < -0.4 is 17.7 Å². The molecular weight excluding hydrogens is 330 g/mol. The van der Waals surface area contributed by atoms with E-state index in [1.807, 2.05) is 62.5 Å². The highest BCUT2D eigenvalue weighted by Gasteiger charge is 2.19. The Labute approximate surface area is 148 Å². The summed E-state index contributed by atoms with van der Waals surface area (Å²) in [6.45, 7) is 6.70. The van der Waals surface area contributed by atoms with Crippen molar-refractivity contribution in [2.45, 2.75) is 39.3 Å². The number of thiophene rings is 1. The van der Waals surface area contributed by atoms with E-state index in [9.17, 15) is 9.90 Å². The molecule has 5 heteroatoms. The van der Waals surface area contributed by atoms with E-state index in [0.29, 0.717) is 13.0 Å². The number of aliphatic hydroxyl groups excluding tert-OH is 1. The van der Waals surface area contributed by atoms with Gasteiger partial charge in [-0.05, 0) is 32.4 Å². The fraction of sp³-hybridized carbons (Fsp3) is 0.389. The van der Waals surface area contributed by atoms with Gasteiger partial charge in [0.25, 0.3) is 0 Å². The molecule has 2 atom stereocenters. The summed E-state index contributed by atoms with van der Waals surface area (Å²) in [5.41, 5.74) is 1.77. The molecule has 1 heterocycles. The molecule has 2 aromatic rings. The van der Waals surface area contributed by atoms with Crippen LogP contribution in [-0.2, 0) is 0 Å². The number of nitrogens with two attached hydrogens (primary N) is 1. The molecule has 0 aliphatic heterocycles. The van der Waals surface area contributed by atoms with E-state index in [4.69, 9.17) is 0 Å². The third-order valence-corrected chi connectivity index (χ3v) is 4.86. The maximum absolute atomic E-state index is 12.2. The summed E-state index contributed by atoms with van der Waals surface area (Å²) >= 11 is 1.67.